The van der Waals surface area contributed by atoms with Crippen molar-refractivity contribution in [3.05, 3.63) is 41.6 Å². The Kier molecular flexibility index (Phi) is 5.60. The molecule has 1 aliphatic rings. The highest BCUT2D eigenvalue weighted by molar-refractivity contribution is 6.30. The number of amides is 1. The number of carbonyl (C=O) groups excluding carboxylic acids is 1. The molecule has 176 valence electrons. The summed E-state index contributed by atoms with van der Waals surface area (Å²) in [6.07, 6.45) is -1.11. The molecule has 1 fully saturated rings. The van der Waals surface area contributed by atoms with Gasteiger partial charge in [0.15, 0.2) is 11.5 Å². The van der Waals surface area contributed by atoms with Crippen molar-refractivity contribution in [2.24, 2.45) is 0 Å². The molecular formula is C21H17ClF3N7O2. The molecule has 34 heavy (non-hydrogen) atoms. The summed E-state index contributed by atoms with van der Waals surface area (Å²) in [5.74, 6) is -0.552. The van der Waals surface area contributed by atoms with Gasteiger partial charge in [0.25, 0.3) is 0 Å². The van der Waals surface area contributed by atoms with Crippen LogP contribution in [0.3, 0.4) is 0 Å². The molecule has 1 amide bonds. The monoisotopic (exact) mass is 491 g/mol. The third-order valence-electron chi connectivity index (χ3n) is 5.28. The maximum absolute atomic E-state index is 13.0. The second-order valence-corrected chi connectivity index (χ2v) is 8.09. The number of hydrogen-bond donors (Lipinski definition) is 2. The van der Waals surface area contributed by atoms with Crippen molar-refractivity contribution in [3.63, 3.8) is 0 Å². The van der Waals surface area contributed by atoms with Gasteiger partial charge in [-0.15, -0.1) is 18.3 Å². The Labute approximate surface area is 195 Å². The smallest absolute Gasteiger partial charge is 0.405 e. The lowest BCUT2D eigenvalue weighted by molar-refractivity contribution is -0.274. The molecule has 1 aromatic carbocycles. The molecule has 4 heterocycles. The summed E-state index contributed by atoms with van der Waals surface area (Å²) < 4.78 is 44.5. The average Bonchev–Trinajstić information content (AvgIpc) is 3.12. The summed E-state index contributed by atoms with van der Waals surface area (Å²) in [5, 5.41) is 10.4. The predicted molar refractivity (Wildman–Crippen MR) is 117 cm³/mol. The van der Waals surface area contributed by atoms with Crippen LogP contribution in [-0.4, -0.2) is 49.4 Å². The van der Waals surface area contributed by atoms with Crippen molar-refractivity contribution in [2.45, 2.75) is 31.7 Å². The first kappa shape index (κ1) is 22.1. The Balaban J connectivity index is 1.66. The van der Waals surface area contributed by atoms with Gasteiger partial charge in [0, 0.05) is 17.8 Å². The highest BCUT2D eigenvalue weighted by Crippen LogP contribution is 2.35. The van der Waals surface area contributed by atoms with E-state index in [-0.39, 0.29) is 33.9 Å². The summed E-state index contributed by atoms with van der Waals surface area (Å²) in [5.41, 5.74) is 1.11. The maximum atomic E-state index is 13.0. The van der Waals surface area contributed by atoms with E-state index in [4.69, 9.17) is 11.6 Å². The number of nitrogens with one attached hydrogen (secondary N) is 2. The number of nitrogens with zero attached hydrogens (tertiary/aromatic N) is 5. The SMILES string of the molecule is O=C1NCCCC[C@H]1Nc1nc2cccnc2c2nc(-c3ccc(Cl)cc3OC(F)(F)F)nn12. The van der Waals surface area contributed by atoms with E-state index >= 15 is 0 Å². The third kappa shape index (κ3) is 4.40. The van der Waals surface area contributed by atoms with E-state index in [1.807, 2.05) is 0 Å². The van der Waals surface area contributed by atoms with Crippen LogP contribution in [0.4, 0.5) is 19.1 Å². The molecule has 3 aromatic heterocycles. The Morgan fingerprint density at radius 2 is 2.06 bits per heavy atom. The van der Waals surface area contributed by atoms with Crippen LogP contribution in [0, 0.1) is 0 Å². The van der Waals surface area contributed by atoms with Gasteiger partial charge in [0.2, 0.25) is 11.9 Å². The van der Waals surface area contributed by atoms with Gasteiger partial charge in [-0.1, -0.05) is 11.6 Å². The van der Waals surface area contributed by atoms with Gasteiger partial charge in [0.05, 0.1) is 11.1 Å². The Bertz CT molecular complexity index is 1390. The zero-order chi connectivity index (χ0) is 23.9. The minimum absolute atomic E-state index is 0.0207. The van der Waals surface area contributed by atoms with Gasteiger partial charge in [-0.3, -0.25) is 9.78 Å². The van der Waals surface area contributed by atoms with E-state index < -0.39 is 18.2 Å². The zero-order valence-electron chi connectivity index (χ0n) is 17.4. The summed E-state index contributed by atoms with van der Waals surface area (Å²) in [7, 11) is 0. The van der Waals surface area contributed by atoms with E-state index in [0.29, 0.717) is 24.0 Å². The van der Waals surface area contributed by atoms with Gasteiger partial charge in [-0.25, -0.2) is 9.97 Å². The lowest BCUT2D eigenvalue weighted by Crippen LogP contribution is -2.38. The highest BCUT2D eigenvalue weighted by atomic mass is 35.5. The van der Waals surface area contributed by atoms with Crippen LogP contribution in [0.25, 0.3) is 28.1 Å². The summed E-state index contributed by atoms with van der Waals surface area (Å²) in [6, 6.07) is 6.65. The number of rotatable bonds is 4. The maximum Gasteiger partial charge on any atom is 0.573 e. The van der Waals surface area contributed by atoms with Crippen LogP contribution in [0.15, 0.2) is 36.5 Å². The fourth-order valence-electron chi connectivity index (χ4n) is 3.76. The predicted octanol–water partition coefficient (Wildman–Crippen LogP) is 3.97. The van der Waals surface area contributed by atoms with Gasteiger partial charge in [-0.05, 0) is 49.6 Å². The first-order valence-electron chi connectivity index (χ1n) is 10.4. The molecule has 1 aliphatic heterocycles. The second-order valence-electron chi connectivity index (χ2n) is 7.65. The van der Waals surface area contributed by atoms with Crippen molar-refractivity contribution < 1.29 is 22.7 Å². The largest absolute Gasteiger partial charge is 0.573 e. The molecular weight excluding hydrogens is 475 g/mol. The number of halogens is 4. The van der Waals surface area contributed by atoms with Crippen LogP contribution < -0.4 is 15.4 Å². The van der Waals surface area contributed by atoms with Gasteiger partial charge >= 0.3 is 6.36 Å². The van der Waals surface area contributed by atoms with E-state index in [1.54, 1.807) is 18.3 Å². The van der Waals surface area contributed by atoms with E-state index in [9.17, 15) is 18.0 Å². The highest BCUT2D eigenvalue weighted by Gasteiger charge is 2.33. The van der Waals surface area contributed by atoms with Gasteiger partial charge < -0.3 is 15.4 Å². The molecule has 1 atom stereocenters. The second kappa shape index (κ2) is 8.60. The van der Waals surface area contributed by atoms with E-state index in [1.165, 1.54) is 16.6 Å². The molecule has 13 heteroatoms. The number of hydrogen-bond acceptors (Lipinski definition) is 7. The number of aromatic nitrogens is 5. The summed E-state index contributed by atoms with van der Waals surface area (Å²) in [6.45, 7) is 0.591. The molecule has 0 radical (unpaired) electrons. The van der Waals surface area contributed by atoms with Crippen LogP contribution in [0.5, 0.6) is 5.75 Å². The zero-order valence-corrected chi connectivity index (χ0v) is 18.2. The van der Waals surface area contributed by atoms with E-state index in [2.05, 4.69) is 35.4 Å². The van der Waals surface area contributed by atoms with Crippen molar-refractivity contribution in [1.82, 2.24) is 29.9 Å². The van der Waals surface area contributed by atoms with Crippen molar-refractivity contribution in [3.8, 4) is 17.1 Å². The summed E-state index contributed by atoms with van der Waals surface area (Å²) in [4.78, 5) is 25.7. The molecule has 0 aliphatic carbocycles. The van der Waals surface area contributed by atoms with Crippen molar-refractivity contribution in [2.75, 3.05) is 11.9 Å². The Morgan fingerprint density at radius 3 is 2.88 bits per heavy atom. The Hall–Kier alpha value is -3.67. The van der Waals surface area contributed by atoms with Crippen LogP contribution in [0.2, 0.25) is 5.02 Å². The average molecular weight is 492 g/mol. The standard InChI is InChI=1S/C21H17ClF3N7O2/c22-11-6-7-12(15(10-11)34-21(23,24)25)17-30-18-16-13(5-3-9-26-16)28-20(32(18)31-17)29-14-4-1-2-8-27-19(14)33/h3,5-7,9-10,14H,1-2,4,8H2,(H,27,33)(H,28,29)/t14-/m1/s1. The van der Waals surface area contributed by atoms with Gasteiger partial charge in [0.1, 0.15) is 17.3 Å². The van der Waals surface area contributed by atoms with Crippen LogP contribution in [-0.2, 0) is 4.79 Å². The molecule has 5 rings (SSSR count). The number of fused-ring (bicyclic) bond motifs is 3. The minimum atomic E-state index is -4.94. The number of ether oxygens (including phenoxy) is 1. The number of alkyl halides is 3. The van der Waals surface area contributed by atoms with Crippen molar-refractivity contribution >= 4 is 40.1 Å². The Morgan fingerprint density at radius 1 is 1.21 bits per heavy atom. The summed E-state index contributed by atoms with van der Waals surface area (Å²) >= 11 is 5.89. The molecule has 2 N–H and O–H groups in total. The number of carbonyl (C=O) groups is 1. The lowest BCUT2D eigenvalue weighted by atomic mass is 10.1. The van der Waals surface area contributed by atoms with Crippen molar-refractivity contribution in [1.29, 1.82) is 0 Å². The number of anilines is 1. The molecule has 0 saturated carbocycles. The molecule has 0 bridgehead atoms. The normalized spacial score (nSPS) is 16.9. The molecule has 1 saturated heterocycles. The topological polar surface area (TPSA) is 106 Å². The quantitative estimate of drug-likeness (QED) is 0.445. The first-order chi connectivity index (χ1) is 16.3. The molecule has 9 nitrogen and oxygen atoms in total. The van der Waals surface area contributed by atoms with E-state index in [0.717, 1.165) is 18.9 Å². The molecule has 0 spiro atoms. The lowest BCUT2D eigenvalue weighted by Gasteiger charge is -2.16. The van der Waals surface area contributed by atoms with Crippen LogP contribution >= 0.6 is 11.6 Å². The first-order valence-corrected chi connectivity index (χ1v) is 10.8. The number of pyridine rings is 1. The third-order valence-corrected chi connectivity index (χ3v) is 5.52. The minimum Gasteiger partial charge on any atom is -0.405 e. The molecule has 0 unspecified atom stereocenters. The van der Waals surface area contributed by atoms with Crippen LogP contribution in [0.1, 0.15) is 19.3 Å². The molecule has 4 aromatic rings. The van der Waals surface area contributed by atoms with Gasteiger partial charge in [-0.2, -0.15) is 4.52 Å². The fourth-order valence-corrected chi connectivity index (χ4v) is 3.93. The fraction of sp³-hybridized carbons (Fsp3) is 0.286. The number of benzene rings is 1.